The van der Waals surface area contributed by atoms with Crippen molar-refractivity contribution >= 4 is 35.5 Å². The number of carbonyl (C=O) groups is 4. The summed E-state index contributed by atoms with van der Waals surface area (Å²) >= 11 is 0. The lowest BCUT2D eigenvalue weighted by Crippen LogP contribution is -2.31. The van der Waals surface area contributed by atoms with E-state index in [-0.39, 0.29) is 43.2 Å². The highest BCUT2D eigenvalue weighted by Gasteiger charge is 2.32. The van der Waals surface area contributed by atoms with E-state index in [0.717, 1.165) is 62.5 Å². The predicted octanol–water partition coefficient (Wildman–Crippen LogP) is 4.48. The molecule has 0 aromatic carbocycles. The van der Waals surface area contributed by atoms with Gasteiger partial charge in [0.2, 0.25) is 5.91 Å². The maximum absolute atomic E-state index is 12.4. The first-order valence-electron chi connectivity index (χ1n) is 14.6. The quantitative estimate of drug-likeness (QED) is 0.228. The Morgan fingerprint density at radius 2 is 1.58 bits per heavy atom. The Morgan fingerprint density at radius 3 is 2.19 bits per heavy atom. The molecule has 3 aliphatic heterocycles. The van der Waals surface area contributed by atoms with Gasteiger partial charge in [0.15, 0.2) is 0 Å². The van der Waals surface area contributed by atoms with Crippen molar-refractivity contribution in [3.8, 4) is 0 Å². The Morgan fingerprint density at radius 1 is 0.930 bits per heavy atom. The normalized spacial score (nSPS) is 21.2. The molecule has 2 atom stereocenters. The highest BCUT2D eigenvalue weighted by Crippen LogP contribution is 2.35. The maximum Gasteiger partial charge on any atom is 0.303 e. The van der Waals surface area contributed by atoms with Crippen molar-refractivity contribution < 1.29 is 29.4 Å². The fourth-order valence-electron chi connectivity index (χ4n) is 6.28. The van der Waals surface area contributed by atoms with Gasteiger partial charge in [-0.05, 0) is 86.5 Å². The summed E-state index contributed by atoms with van der Waals surface area (Å²) in [6.07, 6.45) is 5.61. The summed E-state index contributed by atoms with van der Waals surface area (Å²) in [7, 11) is 0. The molecule has 10 heteroatoms. The fraction of sp³-hybridized carbons (Fsp3) is 0.424. The van der Waals surface area contributed by atoms with E-state index >= 15 is 0 Å². The van der Waals surface area contributed by atoms with Crippen LogP contribution in [0.25, 0.3) is 6.08 Å². The number of carboxylic acids is 2. The van der Waals surface area contributed by atoms with E-state index in [9.17, 15) is 29.4 Å². The number of carbonyl (C=O) groups excluding carboxylic acids is 2. The lowest BCUT2D eigenvalue weighted by atomic mass is 9.95. The van der Waals surface area contributed by atoms with Crippen molar-refractivity contribution in [1.29, 1.82) is 0 Å². The monoisotopic (exact) mass is 588 g/mol. The topological polar surface area (TPSA) is 161 Å². The Kier molecular flexibility index (Phi) is 9.37. The highest BCUT2D eigenvalue weighted by atomic mass is 16.4. The van der Waals surface area contributed by atoms with Crippen molar-refractivity contribution in [1.82, 2.24) is 15.6 Å². The van der Waals surface area contributed by atoms with Gasteiger partial charge in [-0.3, -0.25) is 24.2 Å². The fourth-order valence-corrected chi connectivity index (χ4v) is 6.28. The van der Waals surface area contributed by atoms with Gasteiger partial charge in [-0.1, -0.05) is 19.6 Å². The molecule has 0 saturated carbocycles. The van der Waals surface area contributed by atoms with E-state index < -0.39 is 11.9 Å². The highest BCUT2D eigenvalue weighted by molar-refractivity contribution is 6.07. The number of aliphatic imine (C=N–C) groups is 1. The van der Waals surface area contributed by atoms with E-state index in [2.05, 4.69) is 22.2 Å². The summed E-state index contributed by atoms with van der Waals surface area (Å²) < 4.78 is 0. The van der Waals surface area contributed by atoms with Gasteiger partial charge in [0, 0.05) is 53.9 Å². The maximum atomic E-state index is 12.4. The van der Waals surface area contributed by atoms with E-state index in [1.54, 1.807) is 6.08 Å². The Labute approximate surface area is 251 Å². The van der Waals surface area contributed by atoms with E-state index in [1.807, 2.05) is 40.7 Å². The van der Waals surface area contributed by atoms with Gasteiger partial charge in [-0.25, -0.2) is 0 Å². The number of hydrogen-bond acceptors (Lipinski definition) is 5. The zero-order valence-corrected chi connectivity index (χ0v) is 25.4. The van der Waals surface area contributed by atoms with Gasteiger partial charge < -0.3 is 25.8 Å². The van der Waals surface area contributed by atoms with Crippen molar-refractivity contribution in [2.45, 2.75) is 91.6 Å². The van der Waals surface area contributed by atoms with E-state index in [1.165, 1.54) is 0 Å². The molecule has 10 nitrogen and oxygen atoms in total. The van der Waals surface area contributed by atoms with Gasteiger partial charge >= 0.3 is 11.9 Å². The molecular formula is C33H40N4O6. The summed E-state index contributed by atoms with van der Waals surface area (Å²) in [5.74, 6) is -2.07. The zero-order valence-electron chi connectivity index (χ0n) is 25.4. The van der Waals surface area contributed by atoms with Gasteiger partial charge in [-0.2, -0.15) is 0 Å². The van der Waals surface area contributed by atoms with Crippen molar-refractivity contribution in [3.05, 3.63) is 74.3 Å². The number of hydrogen-bond donors (Lipinski definition) is 5. The van der Waals surface area contributed by atoms with E-state index in [0.29, 0.717) is 30.5 Å². The average Bonchev–Trinajstić information content (AvgIpc) is 3.59. The molecule has 3 aliphatic rings. The van der Waals surface area contributed by atoms with Crippen molar-refractivity contribution in [2.24, 2.45) is 4.99 Å². The van der Waals surface area contributed by atoms with Crippen molar-refractivity contribution in [2.75, 3.05) is 0 Å². The number of amides is 2. The molecule has 0 aliphatic carbocycles. The third-order valence-electron chi connectivity index (χ3n) is 8.86. The van der Waals surface area contributed by atoms with Gasteiger partial charge in [0.1, 0.15) is 0 Å². The summed E-state index contributed by atoms with van der Waals surface area (Å²) in [6.45, 7) is 13.4. The number of H-pyrrole nitrogens is 1. The number of carboxylic acid groups (broad SMARTS) is 2. The number of nitrogens with zero attached hydrogens (tertiary/aromatic N) is 1. The Bertz CT molecular complexity index is 1560. The first-order chi connectivity index (χ1) is 20.4. The molecule has 0 spiro atoms. The molecule has 0 fully saturated rings. The smallest absolute Gasteiger partial charge is 0.303 e. The first kappa shape index (κ1) is 31.5. The van der Waals surface area contributed by atoms with Crippen LogP contribution in [0, 0.1) is 6.92 Å². The minimum absolute atomic E-state index is 0.0540. The second-order valence-electron chi connectivity index (χ2n) is 11.4. The minimum Gasteiger partial charge on any atom is -0.481 e. The number of allylic oxidation sites excluding steroid dienone is 2. The van der Waals surface area contributed by atoms with Crippen LogP contribution in [0.5, 0.6) is 0 Å². The molecular weight excluding hydrogens is 548 g/mol. The minimum atomic E-state index is -0.917. The largest absolute Gasteiger partial charge is 0.481 e. The average molecular weight is 589 g/mol. The first-order valence-corrected chi connectivity index (χ1v) is 14.6. The summed E-state index contributed by atoms with van der Waals surface area (Å²) in [4.78, 5) is 56.2. The van der Waals surface area contributed by atoms with Gasteiger partial charge in [-0.15, -0.1) is 0 Å². The third-order valence-corrected chi connectivity index (χ3v) is 8.86. The van der Waals surface area contributed by atoms with Crippen LogP contribution >= 0.6 is 0 Å². The number of nitrogens with one attached hydrogen (secondary N) is 3. The third kappa shape index (κ3) is 6.48. The van der Waals surface area contributed by atoms with Crippen LogP contribution in [0.1, 0.15) is 82.3 Å². The molecule has 0 saturated heterocycles. The molecule has 0 radical (unpaired) electrons. The Hall–Kier alpha value is -4.47. The lowest BCUT2D eigenvalue weighted by Gasteiger charge is -2.14. The van der Waals surface area contributed by atoms with Crippen LogP contribution < -0.4 is 10.6 Å². The standard InChI is InChI=1S/C33H40N4O6/c1-7-20-19(6)32(42)37-27(20)14-25-18(5)23(10-12-31(40)41)29(35-25)15-28-22(9-11-30(38)39)17(4)24(34-28)13-26-16(3)21(8-2)33(43)36-26/h8,15,26-27,35H,2,7,9-14H2,1,3-6H3,(H,36,43)(H,37,42)(H,38,39)(H,40,41)/b28-15+/t26-,27-/m1/s1. The van der Waals surface area contributed by atoms with Crippen LogP contribution in [-0.2, 0) is 32.0 Å². The second-order valence-corrected chi connectivity index (χ2v) is 11.4. The molecule has 5 N–H and O–H groups in total. The summed E-state index contributed by atoms with van der Waals surface area (Å²) in [5, 5.41) is 24.9. The molecule has 1 aromatic heterocycles. The molecule has 0 unspecified atom stereocenters. The van der Waals surface area contributed by atoms with Crippen LogP contribution in [0.2, 0.25) is 0 Å². The van der Waals surface area contributed by atoms with Crippen LogP contribution in [0.3, 0.4) is 0 Å². The lowest BCUT2D eigenvalue weighted by molar-refractivity contribution is -0.138. The number of aliphatic carboxylic acids is 2. The van der Waals surface area contributed by atoms with Gasteiger partial charge in [0.25, 0.3) is 5.91 Å². The number of rotatable bonds is 13. The zero-order chi connectivity index (χ0) is 31.6. The second kappa shape index (κ2) is 12.8. The molecule has 228 valence electrons. The van der Waals surface area contributed by atoms with Crippen molar-refractivity contribution in [3.63, 3.8) is 0 Å². The molecule has 2 amide bonds. The molecule has 1 aromatic rings. The molecule has 4 rings (SSSR count). The molecule has 43 heavy (non-hydrogen) atoms. The Balaban J connectivity index is 1.74. The molecule has 4 heterocycles. The predicted molar refractivity (Wildman–Crippen MR) is 165 cm³/mol. The number of aromatic amines is 1. The van der Waals surface area contributed by atoms with Gasteiger partial charge in [0.05, 0.1) is 17.8 Å². The summed E-state index contributed by atoms with van der Waals surface area (Å²) in [6, 6.07) is -0.393. The van der Waals surface area contributed by atoms with Crippen LogP contribution in [0.4, 0.5) is 0 Å². The van der Waals surface area contributed by atoms with E-state index in [4.69, 9.17) is 4.99 Å². The van der Waals surface area contributed by atoms with Crippen LogP contribution in [-0.4, -0.2) is 56.7 Å². The SMILES string of the molecule is C=CC1=C(C)[C@@H](CC2=N/C(=C/c3[nH]c(C[C@H]4NC(=O)C(C)=C4CC)c(C)c3CCC(=O)O)C(CCC(=O)O)=C2C)NC1=O. The summed E-state index contributed by atoms with van der Waals surface area (Å²) in [5.41, 5.74) is 9.71. The number of aromatic nitrogens is 1. The molecule has 0 bridgehead atoms. The van der Waals surface area contributed by atoms with Crippen LogP contribution in [0.15, 0.2) is 56.8 Å².